The molecule has 1 aromatic rings. The lowest BCUT2D eigenvalue weighted by atomic mass is 10.1. The van der Waals surface area contributed by atoms with Gasteiger partial charge in [-0.15, -0.1) is 0 Å². The van der Waals surface area contributed by atoms with Crippen molar-refractivity contribution in [2.75, 3.05) is 6.61 Å². The Kier molecular flexibility index (Phi) is 6.47. The third-order valence-electron chi connectivity index (χ3n) is 3.39. The largest absolute Gasteiger partial charge is 0.493 e. The molecule has 3 heteroatoms. The SMILES string of the molecule is CCC(CC)COc1cc(F)cc(CNC(C)(C)C)c1. The van der Waals surface area contributed by atoms with Crippen LogP contribution in [0.5, 0.6) is 5.75 Å². The van der Waals surface area contributed by atoms with E-state index in [4.69, 9.17) is 4.74 Å². The number of benzene rings is 1. The lowest BCUT2D eigenvalue weighted by molar-refractivity contribution is 0.239. The lowest BCUT2D eigenvalue weighted by Gasteiger charge is -2.21. The average molecular weight is 281 g/mol. The number of nitrogens with one attached hydrogen (secondary N) is 1. The molecule has 1 rings (SSSR count). The highest BCUT2D eigenvalue weighted by atomic mass is 19.1. The zero-order chi connectivity index (χ0) is 15.2. The van der Waals surface area contributed by atoms with Gasteiger partial charge in [-0.1, -0.05) is 26.7 Å². The summed E-state index contributed by atoms with van der Waals surface area (Å²) in [5, 5.41) is 3.36. The predicted octanol–water partition coefficient (Wildman–Crippen LogP) is 4.53. The van der Waals surface area contributed by atoms with Crippen molar-refractivity contribution in [2.45, 2.75) is 59.5 Å². The van der Waals surface area contributed by atoms with Crippen LogP contribution in [0.2, 0.25) is 0 Å². The molecule has 0 saturated heterocycles. The quantitative estimate of drug-likeness (QED) is 0.793. The van der Waals surface area contributed by atoms with Crippen LogP contribution in [0.25, 0.3) is 0 Å². The Bertz CT molecular complexity index is 408. The highest BCUT2D eigenvalue weighted by Crippen LogP contribution is 2.19. The first-order valence-corrected chi connectivity index (χ1v) is 7.51. The van der Waals surface area contributed by atoms with Gasteiger partial charge in [-0.25, -0.2) is 4.39 Å². The van der Waals surface area contributed by atoms with Gasteiger partial charge in [-0.2, -0.15) is 0 Å². The van der Waals surface area contributed by atoms with E-state index in [1.807, 2.05) is 6.07 Å². The van der Waals surface area contributed by atoms with Crippen molar-refractivity contribution in [3.05, 3.63) is 29.6 Å². The maximum atomic E-state index is 13.6. The molecule has 0 aliphatic heterocycles. The minimum atomic E-state index is -0.238. The molecule has 0 radical (unpaired) electrons. The molecule has 0 aromatic heterocycles. The Balaban J connectivity index is 2.66. The van der Waals surface area contributed by atoms with E-state index in [0.717, 1.165) is 18.4 Å². The van der Waals surface area contributed by atoms with Gasteiger partial charge in [0.25, 0.3) is 0 Å². The molecular weight excluding hydrogens is 253 g/mol. The van der Waals surface area contributed by atoms with Crippen LogP contribution in [-0.2, 0) is 6.54 Å². The first kappa shape index (κ1) is 17.0. The fraction of sp³-hybridized carbons (Fsp3) is 0.647. The van der Waals surface area contributed by atoms with Crippen LogP contribution in [0.1, 0.15) is 53.0 Å². The molecule has 0 heterocycles. The number of halogens is 1. The Morgan fingerprint density at radius 1 is 1.15 bits per heavy atom. The van der Waals surface area contributed by atoms with Crippen LogP contribution in [-0.4, -0.2) is 12.1 Å². The number of ether oxygens (including phenoxy) is 1. The fourth-order valence-electron chi connectivity index (χ4n) is 1.91. The molecule has 0 saturated carbocycles. The summed E-state index contributed by atoms with van der Waals surface area (Å²) in [4.78, 5) is 0. The Labute approximate surface area is 122 Å². The van der Waals surface area contributed by atoms with Crippen LogP contribution in [0.15, 0.2) is 18.2 Å². The highest BCUT2D eigenvalue weighted by Gasteiger charge is 2.10. The molecule has 0 aliphatic carbocycles. The van der Waals surface area contributed by atoms with Gasteiger partial charge >= 0.3 is 0 Å². The van der Waals surface area contributed by atoms with Gasteiger partial charge in [0.15, 0.2) is 0 Å². The molecule has 0 aliphatic rings. The topological polar surface area (TPSA) is 21.3 Å². The molecule has 114 valence electrons. The fourth-order valence-corrected chi connectivity index (χ4v) is 1.91. The second-order valence-corrected chi connectivity index (χ2v) is 6.39. The highest BCUT2D eigenvalue weighted by molar-refractivity contribution is 5.29. The van der Waals surface area contributed by atoms with E-state index in [2.05, 4.69) is 39.9 Å². The molecule has 1 aromatic carbocycles. The van der Waals surface area contributed by atoms with Gasteiger partial charge in [0.05, 0.1) is 6.61 Å². The van der Waals surface area contributed by atoms with E-state index in [0.29, 0.717) is 24.8 Å². The summed E-state index contributed by atoms with van der Waals surface area (Å²) in [5.74, 6) is 0.926. The molecule has 0 unspecified atom stereocenters. The first-order valence-electron chi connectivity index (χ1n) is 7.51. The van der Waals surface area contributed by atoms with Crippen molar-refractivity contribution in [1.82, 2.24) is 5.32 Å². The molecule has 1 N–H and O–H groups in total. The van der Waals surface area contributed by atoms with Gasteiger partial charge in [-0.05, 0) is 44.4 Å². The summed E-state index contributed by atoms with van der Waals surface area (Å²) in [6.45, 7) is 11.9. The maximum absolute atomic E-state index is 13.6. The van der Waals surface area contributed by atoms with Gasteiger partial charge in [-0.3, -0.25) is 0 Å². The van der Waals surface area contributed by atoms with Crippen molar-refractivity contribution < 1.29 is 9.13 Å². The Morgan fingerprint density at radius 3 is 2.35 bits per heavy atom. The molecule has 0 spiro atoms. The second kappa shape index (κ2) is 7.63. The van der Waals surface area contributed by atoms with Crippen molar-refractivity contribution in [3.63, 3.8) is 0 Å². The van der Waals surface area contributed by atoms with Gasteiger partial charge in [0, 0.05) is 18.2 Å². The number of hydrogen-bond acceptors (Lipinski definition) is 2. The number of rotatable bonds is 7. The summed E-state index contributed by atoms with van der Waals surface area (Å²) in [5.41, 5.74) is 0.933. The smallest absolute Gasteiger partial charge is 0.127 e. The van der Waals surface area contributed by atoms with Crippen molar-refractivity contribution >= 4 is 0 Å². The molecule has 20 heavy (non-hydrogen) atoms. The van der Waals surface area contributed by atoms with Crippen molar-refractivity contribution in [2.24, 2.45) is 5.92 Å². The first-order chi connectivity index (χ1) is 9.34. The standard InChI is InChI=1S/C17H28FNO/c1-6-13(7-2)12-20-16-9-14(8-15(18)10-16)11-19-17(3,4)5/h8-10,13,19H,6-7,11-12H2,1-5H3. The molecule has 2 nitrogen and oxygen atoms in total. The van der Waals surface area contributed by atoms with Gasteiger partial charge in [0.2, 0.25) is 0 Å². The zero-order valence-electron chi connectivity index (χ0n) is 13.4. The third-order valence-corrected chi connectivity index (χ3v) is 3.39. The normalized spacial score (nSPS) is 11.9. The third kappa shape index (κ3) is 6.38. The summed E-state index contributed by atoms with van der Waals surface area (Å²) in [6, 6.07) is 4.94. The monoisotopic (exact) mass is 281 g/mol. The minimum absolute atomic E-state index is 0.0167. The van der Waals surface area contributed by atoms with Crippen LogP contribution < -0.4 is 10.1 Å². The number of hydrogen-bond donors (Lipinski definition) is 1. The van der Waals surface area contributed by atoms with E-state index in [-0.39, 0.29) is 11.4 Å². The molecular formula is C17H28FNO. The Hall–Kier alpha value is -1.09. The maximum Gasteiger partial charge on any atom is 0.127 e. The summed E-state index contributed by atoms with van der Waals surface area (Å²) < 4.78 is 19.4. The summed E-state index contributed by atoms with van der Waals surface area (Å²) >= 11 is 0. The predicted molar refractivity (Wildman–Crippen MR) is 82.6 cm³/mol. The Morgan fingerprint density at radius 2 is 1.80 bits per heavy atom. The zero-order valence-corrected chi connectivity index (χ0v) is 13.4. The van der Waals surface area contributed by atoms with Crippen LogP contribution in [0, 0.1) is 11.7 Å². The molecule has 0 atom stereocenters. The van der Waals surface area contributed by atoms with E-state index >= 15 is 0 Å². The van der Waals surface area contributed by atoms with E-state index < -0.39 is 0 Å². The molecule has 0 amide bonds. The lowest BCUT2D eigenvalue weighted by Crippen LogP contribution is -2.35. The molecule has 0 fully saturated rings. The molecule has 0 bridgehead atoms. The van der Waals surface area contributed by atoms with Crippen LogP contribution in [0.3, 0.4) is 0 Å². The average Bonchev–Trinajstić information content (AvgIpc) is 2.36. The van der Waals surface area contributed by atoms with Gasteiger partial charge in [0.1, 0.15) is 11.6 Å². The summed E-state index contributed by atoms with van der Waals surface area (Å²) in [6.07, 6.45) is 2.18. The van der Waals surface area contributed by atoms with Crippen LogP contribution in [0.4, 0.5) is 4.39 Å². The van der Waals surface area contributed by atoms with E-state index in [1.54, 1.807) is 6.07 Å². The van der Waals surface area contributed by atoms with E-state index in [1.165, 1.54) is 6.07 Å². The van der Waals surface area contributed by atoms with E-state index in [9.17, 15) is 4.39 Å². The van der Waals surface area contributed by atoms with Gasteiger partial charge < -0.3 is 10.1 Å². The van der Waals surface area contributed by atoms with Crippen LogP contribution >= 0.6 is 0 Å². The second-order valence-electron chi connectivity index (χ2n) is 6.39. The van der Waals surface area contributed by atoms with Crippen molar-refractivity contribution in [1.29, 1.82) is 0 Å². The van der Waals surface area contributed by atoms with Crippen molar-refractivity contribution in [3.8, 4) is 5.75 Å². The summed E-state index contributed by atoms with van der Waals surface area (Å²) in [7, 11) is 0. The minimum Gasteiger partial charge on any atom is -0.493 e.